The van der Waals surface area contributed by atoms with Gasteiger partial charge in [-0.1, -0.05) is 29.8 Å². The summed E-state index contributed by atoms with van der Waals surface area (Å²) in [5.41, 5.74) is 3.44. The second-order valence-electron chi connectivity index (χ2n) is 7.35. The summed E-state index contributed by atoms with van der Waals surface area (Å²) in [5, 5.41) is 3.02. The molecule has 1 aliphatic heterocycles. The summed E-state index contributed by atoms with van der Waals surface area (Å²) in [6.45, 7) is 3.84. The van der Waals surface area contributed by atoms with Crippen molar-refractivity contribution in [2.75, 3.05) is 34.4 Å². The Balaban J connectivity index is 1.62. The number of ether oxygens (including phenoxy) is 3. The SMILES string of the molecule is COc1cc(CNC(=O)CN2CCCC2c2cccc(C)c2)cc(OC)c1OC. The van der Waals surface area contributed by atoms with Crippen LogP contribution in [0.25, 0.3) is 0 Å². The van der Waals surface area contributed by atoms with Crippen molar-refractivity contribution in [1.82, 2.24) is 10.2 Å². The normalized spacial score (nSPS) is 16.5. The number of methoxy groups -OCH3 is 3. The Morgan fingerprint density at radius 3 is 2.45 bits per heavy atom. The van der Waals surface area contributed by atoms with Gasteiger partial charge in [0.2, 0.25) is 11.7 Å². The van der Waals surface area contributed by atoms with Gasteiger partial charge in [0.25, 0.3) is 0 Å². The van der Waals surface area contributed by atoms with E-state index in [0.717, 1.165) is 24.9 Å². The minimum atomic E-state index is 0.0123. The number of nitrogens with zero attached hydrogens (tertiary/aromatic N) is 1. The monoisotopic (exact) mass is 398 g/mol. The smallest absolute Gasteiger partial charge is 0.234 e. The van der Waals surface area contributed by atoms with E-state index in [-0.39, 0.29) is 5.91 Å². The predicted octanol–water partition coefficient (Wildman–Crippen LogP) is 3.47. The molecule has 156 valence electrons. The van der Waals surface area contributed by atoms with Crippen LogP contribution in [0.4, 0.5) is 0 Å². The predicted molar refractivity (Wildman–Crippen MR) is 113 cm³/mol. The van der Waals surface area contributed by atoms with E-state index in [1.54, 1.807) is 21.3 Å². The van der Waals surface area contributed by atoms with Crippen molar-refractivity contribution >= 4 is 5.91 Å². The molecular formula is C23H30N2O4. The first kappa shape index (κ1) is 21.0. The van der Waals surface area contributed by atoms with Crippen LogP contribution < -0.4 is 19.5 Å². The van der Waals surface area contributed by atoms with Crippen LogP contribution in [-0.2, 0) is 11.3 Å². The summed E-state index contributed by atoms with van der Waals surface area (Å²) in [4.78, 5) is 14.9. The fraction of sp³-hybridized carbons (Fsp3) is 0.435. The number of carbonyl (C=O) groups is 1. The van der Waals surface area contributed by atoms with Crippen molar-refractivity contribution in [3.63, 3.8) is 0 Å². The van der Waals surface area contributed by atoms with E-state index >= 15 is 0 Å². The second kappa shape index (κ2) is 9.65. The highest BCUT2D eigenvalue weighted by atomic mass is 16.5. The molecule has 1 N–H and O–H groups in total. The molecule has 2 aromatic rings. The van der Waals surface area contributed by atoms with E-state index in [4.69, 9.17) is 14.2 Å². The first-order valence-electron chi connectivity index (χ1n) is 9.92. The first-order chi connectivity index (χ1) is 14.0. The topological polar surface area (TPSA) is 60.0 Å². The van der Waals surface area contributed by atoms with Gasteiger partial charge in [0.1, 0.15) is 0 Å². The van der Waals surface area contributed by atoms with Gasteiger partial charge in [0.05, 0.1) is 27.9 Å². The number of carbonyl (C=O) groups excluding carboxylic acids is 1. The molecule has 1 atom stereocenters. The largest absolute Gasteiger partial charge is 0.493 e. The van der Waals surface area contributed by atoms with E-state index in [1.165, 1.54) is 11.1 Å². The van der Waals surface area contributed by atoms with Crippen LogP contribution in [0.2, 0.25) is 0 Å². The van der Waals surface area contributed by atoms with Gasteiger partial charge in [0, 0.05) is 12.6 Å². The number of hydrogen-bond acceptors (Lipinski definition) is 5. The summed E-state index contributed by atoms with van der Waals surface area (Å²) >= 11 is 0. The van der Waals surface area contributed by atoms with Gasteiger partial charge in [-0.15, -0.1) is 0 Å². The van der Waals surface area contributed by atoms with Crippen LogP contribution in [-0.4, -0.2) is 45.2 Å². The lowest BCUT2D eigenvalue weighted by Crippen LogP contribution is -2.36. The number of likely N-dealkylation sites (tertiary alicyclic amines) is 1. The van der Waals surface area contributed by atoms with Crippen LogP contribution in [0, 0.1) is 6.92 Å². The minimum absolute atomic E-state index is 0.0123. The molecule has 0 spiro atoms. The quantitative estimate of drug-likeness (QED) is 0.738. The zero-order valence-electron chi connectivity index (χ0n) is 17.7. The number of hydrogen-bond donors (Lipinski definition) is 1. The van der Waals surface area contributed by atoms with Gasteiger partial charge >= 0.3 is 0 Å². The van der Waals surface area contributed by atoms with Crippen molar-refractivity contribution in [3.8, 4) is 17.2 Å². The van der Waals surface area contributed by atoms with Gasteiger partial charge < -0.3 is 19.5 Å². The average Bonchev–Trinajstić information content (AvgIpc) is 3.19. The Bertz CT molecular complexity index is 828. The number of amides is 1. The number of aryl methyl sites for hydroxylation is 1. The zero-order chi connectivity index (χ0) is 20.8. The Morgan fingerprint density at radius 2 is 1.83 bits per heavy atom. The standard InChI is InChI=1S/C23H30N2O4/c1-16-7-5-8-18(11-16)19-9-6-10-25(19)15-22(26)24-14-17-12-20(27-2)23(29-4)21(13-17)28-3/h5,7-8,11-13,19H,6,9-10,14-15H2,1-4H3,(H,24,26). The van der Waals surface area contributed by atoms with Crippen LogP contribution in [0.3, 0.4) is 0 Å². The minimum Gasteiger partial charge on any atom is -0.493 e. The maximum absolute atomic E-state index is 12.6. The molecule has 1 amide bonds. The maximum atomic E-state index is 12.6. The number of rotatable bonds is 8. The molecule has 0 radical (unpaired) electrons. The van der Waals surface area contributed by atoms with Gasteiger partial charge in [0.15, 0.2) is 11.5 Å². The van der Waals surface area contributed by atoms with Crippen LogP contribution in [0.1, 0.15) is 35.6 Å². The summed E-state index contributed by atoms with van der Waals surface area (Å²) in [5.74, 6) is 1.71. The van der Waals surface area contributed by atoms with E-state index in [9.17, 15) is 4.79 Å². The Labute approximate surface area is 172 Å². The molecule has 1 fully saturated rings. The van der Waals surface area contributed by atoms with Gasteiger partial charge in [-0.2, -0.15) is 0 Å². The molecule has 2 aromatic carbocycles. The fourth-order valence-corrected chi connectivity index (χ4v) is 3.95. The Morgan fingerprint density at radius 1 is 1.10 bits per heavy atom. The fourth-order valence-electron chi connectivity index (χ4n) is 3.95. The molecule has 1 saturated heterocycles. The van der Waals surface area contributed by atoms with Crippen molar-refractivity contribution in [2.24, 2.45) is 0 Å². The summed E-state index contributed by atoms with van der Waals surface area (Å²) in [6, 6.07) is 12.6. The molecule has 0 bridgehead atoms. The molecule has 29 heavy (non-hydrogen) atoms. The third-order valence-corrected chi connectivity index (χ3v) is 5.35. The molecule has 0 aromatic heterocycles. The van der Waals surface area contributed by atoms with E-state index in [1.807, 2.05) is 12.1 Å². The molecule has 3 rings (SSSR count). The van der Waals surface area contributed by atoms with E-state index in [0.29, 0.717) is 36.4 Å². The molecule has 0 aliphatic carbocycles. The molecule has 6 nitrogen and oxygen atoms in total. The lowest BCUT2D eigenvalue weighted by Gasteiger charge is -2.24. The van der Waals surface area contributed by atoms with Gasteiger partial charge in [-0.25, -0.2) is 0 Å². The van der Waals surface area contributed by atoms with Crippen LogP contribution in [0.15, 0.2) is 36.4 Å². The molecule has 6 heteroatoms. The van der Waals surface area contributed by atoms with Crippen molar-refractivity contribution in [1.29, 1.82) is 0 Å². The van der Waals surface area contributed by atoms with Crippen molar-refractivity contribution < 1.29 is 19.0 Å². The lowest BCUT2D eigenvalue weighted by atomic mass is 10.0. The average molecular weight is 399 g/mol. The van der Waals surface area contributed by atoms with E-state index < -0.39 is 0 Å². The van der Waals surface area contributed by atoms with E-state index in [2.05, 4.69) is 41.4 Å². The first-order valence-corrected chi connectivity index (χ1v) is 9.92. The highest BCUT2D eigenvalue weighted by Crippen LogP contribution is 2.38. The zero-order valence-corrected chi connectivity index (χ0v) is 17.7. The molecule has 1 unspecified atom stereocenters. The number of benzene rings is 2. The second-order valence-corrected chi connectivity index (χ2v) is 7.35. The summed E-state index contributed by atoms with van der Waals surface area (Å²) < 4.78 is 16.1. The molecule has 1 heterocycles. The Hall–Kier alpha value is -2.73. The highest BCUT2D eigenvalue weighted by Gasteiger charge is 2.27. The maximum Gasteiger partial charge on any atom is 0.234 e. The summed E-state index contributed by atoms with van der Waals surface area (Å²) in [7, 11) is 4.74. The molecule has 0 saturated carbocycles. The van der Waals surface area contributed by atoms with Gasteiger partial charge in [-0.05, 0) is 49.6 Å². The molecular weight excluding hydrogens is 368 g/mol. The lowest BCUT2D eigenvalue weighted by molar-refractivity contribution is -0.122. The third kappa shape index (κ3) is 5.01. The van der Waals surface area contributed by atoms with Crippen LogP contribution in [0.5, 0.6) is 17.2 Å². The van der Waals surface area contributed by atoms with Crippen molar-refractivity contribution in [2.45, 2.75) is 32.4 Å². The van der Waals surface area contributed by atoms with Gasteiger partial charge in [-0.3, -0.25) is 9.69 Å². The summed E-state index contributed by atoms with van der Waals surface area (Å²) in [6.07, 6.45) is 2.20. The Kier molecular flexibility index (Phi) is 6.99. The van der Waals surface area contributed by atoms with Crippen LogP contribution >= 0.6 is 0 Å². The number of nitrogens with one attached hydrogen (secondary N) is 1. The highest BCUT2D eigenvalue weighted by molar-refractivity contribution is 5.78. The molecule has 1 aliphatic rings. The van der Waals surface area contributed by atoms with Crippen molar-refractivity contribution in [3.05, 3.63) is 53.1 Å². The third-order valence-electron chi connectivity index (χ3n) is 5.35.